The third-order valence-corrected chi connectivity index (χ3v) is 3.87. The summed E-state index contributed by atoms with van der Waals surface area (Å²) in [6.45, 7) is 1.03. The molecule has 0 spiro atoms. The minimum absolute atomic E-state index is 0.582. The summed E-state index contributed by atoms with van der Waals surface area (Å²) >= 11 is 6.03. The Morgan fingerprint density at radius 2 is 1.88 bits per heavy atom. The van der Waals surface area contributed by atoms with E-state index in [0.29, 0.717) is 5.15 Å². The van der Waals surface area contributed by atoms with Gasteiger partial charge in [-0.05, 0) is 30.9 Å². The molecule has 0 amide bonds. The first-order valence-corrected chi connectivity index (χ1v) is 7.08. The molecule has 0 aliphatic heterocycles. The average molecular weight is 253 g/mol. The van der Waals surface area contributed by atoms with Gasteiger partial charge in [-0.3, -0.25) is 0 Å². The fraction of sp³-hybridized carbons (Fsp3) is 0.643. The topological polar surface area (TPSA) is 24.9 Å². The maximum Gasteiger partial charge on any atom is 0.152 e. The van der Waals surface area contributed by atoms with Crippen molar-refractivity contribution in [1.82, 2.24) is 4.98 Å². The molecule has 1 heterocycles. The fourth-order valence-corrected chi connectivity index (χ4v) is 2.70. The van der Waals surface area contributed by atoms with Crippen LogP contribution >= 0.6 is 11.6 Å². The van der Waals surface area contributed by atoms with Crippen molar-refractivity contribution >= 4 is 17.3 Å². The Hall–Kier alpha value is -0.760. The van der Waals surface area contributed by atoms with Crippen molar-refractivity contribution in [2.24, 2.45) is 5.92 Å². The molecule has 1 aromatic rings. The quantitative estimate of drug-likeness (QED) is 0.801. The Morgan fingerprint density at radius 1 is 1.18 bits per heavy atom. The van der Waals surface area contributed by atoms with Gasteiger partial charge in [0.25, 0.3) is 0 Å². The average Bonchev–Trinajstić information content (AvgIpc) is 2.29. The van der Waals surface area contributed by atoms with E-state index < -0.39 is 0 Å². The number of aromatic nitrogens is 1. The lowest BCUT2D eigenvalue weighted by Crippen LogP contribution is -2.16. The Labute approximate surface area is 109 Å². The monoisotopic (exact) mass is 252 g/mol. The summed E-state index contributed by atoms with van der Waals surface area (Å²) in [6, 6.07) is 3.92. The van der Waals surface area contributed by atoms with Crippen molar-refractivity contribution in [2.75, 3.05) is 11.9 Å². The number of halogens is 1. The number of anilines is 1. The van der Waals surface area contributed by atoms with E-state index in [-0.39, 0.29) is 0 Å². The van der Waals surface area contributed by atoms with Crippen LogP contribution in [-0.4, -0.2) is 11.5 Å². The molecule has 1 aromatic heterocycles. The van der Waals surface area contributed by atoms with Crippen LogP contribution in [-0.2, 0) is 0 Å². The zero-order valence-corrected chi connectivity index (χ0v) is 11.0. The standard InChI is InChI=1S/C14H21ClN2/c15-14-13(9-6-10-16-14)17-11-12-7-4-2-1-3-5-8-12/h6,9-10,12,17H,1-5,7-8,11H2. The number of nitrogens with zero attached hydrogens (tertiary/aromatic N) is 1. The molecule has 0 radical (unpaired) electrons. The van der Waals surface area contributed by atoms with Gasteiger partial charge in [-0.25, -0.2) is 4.98 Å². The second kappa shape index (κ2) is 6.85. The van der Waals surface area contributed by atoms with E-state index in [1.54, 1.807) is 6.20 Å². The normalized spacial score (nSPS) is 18.4. The molecular weight excluding hydrogens is 232 g/mol. The Balaban J connectivity index is 1.82. The molecule has 17 heavy (non-hydrogen) atoms. The van der Waals surface area contributed by atoms with Crippen LogP contribution in [0.2, 0.25) is 5.15 Å². The largest absolute Gasteiger partial charge is 0.382 e. The molecule has 3 heteroatoms. The first-order chi connectivity index (χ1) is 8.36. The summed E-state index contributed by atoms with van der Waals surface area (Å²) < 4.78 is 0. The van der Waals surface area contributed by atoms with Crippen molar-refractivity contribution < 1.29 is 0 Å². The highest BCUT2D eigenvalue weighted by atomic mass is 35.5. The zero-order valence-electron chi connectivity index (χ0n) is 10.3. The molecule has 1 saturated carbocycles. The molecule has 0 aromatic carbocycles. The summed E-state index contributed by atoms with van der Waals surface area (Å²) in [5, 5.41) is 4.02. The van der Waals surface area contributed by atoms with Gasteiger partial charge >= 0.3 is 0 Å². The molecule has 1 fully saturated rings. The van der Waals surface area contributed by atoms with Crippen LogP contribution < -0.4 is 5.32 Å². The van der Waals surface area contributed by atoms with Crippen LogP contribution in [0.15, 0.2) is 18.3 Å². The lowest BCUT2D eigenvalue weighted by Gasteiger charge is -2.20. The predicted molar refractivity (Wildman–Crippen MR) is 73.5 cm³/mol. The Morgan fingerprint density at radius 3 is 2.59 bits per heavy atom. The number of nitrogens with one attached hydrogen (secondary N) is 1. The van der Waals surface area contributed by atoms with Gasteiger partial charge in [0.2, 0.25) is 0 Å². The molecule has 2 rings (SSSR count). The van der Waals surface area contributed by atoms with Gasteiger partial charge in [-0.2, -0.15) is 0 Å². The molecule has 2 nitrogen and oxygen atoms in total. The summed E-state index contributed by atoms with van der Waals surface area (Å²) in [4.78, 5) is 4.08. The van der Waals surface area contributed by atoms with Gasteiger partial charge in [0.1, 0.15) is 0 Å². The highest BCUT2D eigenvalue weighted by Crippen LogP contribution is 2.24. The van der Waals surface area contributed by atoms with E-state index in [1.807, 2.05) is 12.1 Å². The maximum atomic E-state index is 6.03. The third kappa shape index (κ3) is 4.19. The Bertz CT molecular complexity index is 333. The highest BCUT2D eigenvalue weighted by molar-refractivity contribution is 6.31. The second-order valence-corrected chi connectivity index (χ2v) is 5.29. The van der Waals surface area contributed by atoms with Crippen LogP contribution in [0.5, 0.6) is 0 Å². The molecule has 94 valence electrons. The van der Waals surface area contributed by atoms with Crippen LogP contribution in [0.3, 0.4) is 0 Å². The minimum Gasteiger partial charge on any atom is -0.382 e. The van der Waals surface area contributed by atoms with E-state index in [0.717, 1.165) is 18.2 Å². The van der Waals surface area contributed by atoms with Crippen molar-refractivity contribution in [3.63, 3.8) is 0 Å². The lowest BCUT2D eigenvalue weighted by molar-refractivity contribution is 0.392. The molecule has 0 bridgehead atoms. The molecule has 0 unspecified atom stereocenters. The minimum atomic E-state index is 0.582. The number of hydrogen-bond donors (Lipinski definition) is 1. The van der Waals surface area contributed by atoms with Crippen molar-refractivity contribution in [3.05, 3.63) is 23.5 Å². The number of rotatable bonds is 3. The van der Waals surface area contributed by atoms with Crippen LogP contribution in [0, 0.1) is 5.92 Å². The molecule has 1 aliphatic carbocycles. The highest BCUT2D eigenvalue weighted by Gasteiger charge is 2.11. The van der Waals surface area contributed by atoms with E-state index in [1.165, 1.54) is 44.9 Å². The van der Waals surface area contributed by atoms with Crippen LogP contribution in [0.1, 0.15) is 44.9 Å². The first-order valence-electron chi connectivity index (χ1n) is 6.70. The van der Waals surface area contributed by atoms with E-state index >= 15 is 0 Å². The predicted octanol–water partition coefficient (Wildman–Crippen LogP) is 4.51. The molecule has 0 atom stereocenters. The van der Waals surface area contributed by atoms with Gasteiger partial charge in [0, 0.05) is 12.7 Å². The zero-order chi connectivity index (χ0) is 11.9. The van der Waals surface area contributed by atoms with Crippen molar-refractivity contribution in [3.8, 4) is 0 Å². The van der Waals surface area contributed by atoms with Crippen molar-refractivity contribution in [2.45, 2.75) is 44.9 Å². The summed E-state index contributed by atoms with van der Waals surface area (Å²) in [7, 11) is 0. The molecule has 0 saturated heterocycles. The van der Waals surface area contributed by atoms with Crippen LogP contribution in [0.4, 0.5) is 5.69 Å². The van der Waals surface area contributed by atoms with Crippen molar-refractivity contribution in [1.29, 1.82) is 0 Å². The second-order valence-electron chi connectivity index (χ2n) is 4.93. The molecule has 1 N–H and O–H groups in total. The smallest absolute Gasteiger partial charge is 0.152 e. The van der Waals surface area contributed by atoms with E-state index in [9.17, 15) is 0 Å². The van der Waals surface area contributed by atoms with E-state index in [2.05, 4.69) is 10.3 Å². The van der Waals surface area contributed by atoms with E-state index in [4.69, 9.17) is 11.6 Å². The van der Waals surface area contributed by atoms with Gasteiger partial charge < -0.3 is 5.32 Å². The molecule has 1 aliphatic rings. The maximum absolute atomic E-state index is 6.03. The summed E-state index contributed by atoms with van der Waals surface area (Å²) in [6.07, 6.45) is 11.4. The van der Waals surface area contributed by atoms with Gasteiger partial charge in [0.15, 0.2) is 5.15 Å². The first kappa shape index (κ1) is 12.7. The molecular formula is C14H21ClN2. The SMILES string of the molecule is Clc1ncccc1NCC1CCCCCCC1. The number of hydrogen-bond acceptors (Lipinski definition) is 2. The summed E-state index contributed by atoms with van der Waals surface area (Å²) in [5.41, 5.74) is 0.969. The Kier molecular flexibility index (Phi) is 5.11. The van der Waals surface area contributed by atoms with Gasteiger partial charge in [-0.1, -0.05) is 43.7 Å². The van der Waals surface area contributed by atoms with Gasteiger partial charge in [0.05, 0.1) is 5.69 Å². The fourth-order valence-electron chi connectivity index (χ4n) is 2.52. The van der Waals surface area contributed by atoms with Crippen LogP contribution in [0.25, 0.3) is 0 Å². The number of pyridine rings is 1. The summed E-state index contributed by atoms with van der Waals surface area (Å²) in [5.74, 6) is 0.798. The lowest BCUT2D eigenvalue weighted by atomic mass is 9.91. The van der Waals surface area contributed by atoms with Gasteiger partial charge in [-0.15, -0.1) is 0 Å². The third-order valence-electron chi connectivity index (χ3n) is 3.57.